The van der Waals surface area contributed by atoms with E-state index in [4.69, 9.17) is 0 Å². The molecule has 0 aromatic carbocycles. The van der Waals surface area contributed by atoms with Crippen LogP contribution < -0.4 is 34.7 Å². The van der Waals surface area contributed by atoms with Crippen LogP contribution in [-0.2, 0) is 9.53 Å². The molecule has 1 aliphatic heterocycles. The molecule has 0 saturated carbocycles. The van der Waals surface area contributed by atoms with Gasteiger partial charge in [-0.3, -0.25) is 0 Å². The van der Waals surface area contributed by atoms with Crippen molar-refractivity contribution in [1.29, 1.82) is 0 Å². The van der Waals surface area contributed by atoms with E-state index in [1.54, 1.807) is 0 Å². The molecule has 1 saturated heterocycles. The van der Waals surface area contributed by atoms with Crippen molar-refractivity contribution in [2.75, 3.05) is 6.61 Å². The van der Waals surface area contributed by atoms with Crippen LogP contribution in [0.5, 0.6) is 0 Å². The number of hydrogen-bond acceptors (Lipinski definition) is 3. The Morgan fingerprint density at radius 1 is 1.88 bits per heavy atom. The van der Waals surface area contributed by atoms with Gasteiger partial charge in [0.05, 0.1) is 12.7 Å². The number of rotatable bonds is 2. The van der Waals surface area contributed by atoms with E-state index in [0.717, 1.165) is 0 Å². The van der Waals surface area contributed by atoms with Gasteiger partial charge in [-0.1, -0.05) is 0 Å². The zero-order chi connectivity index (χ0) is 5.28. The molecule has 1 unspecified atom stereocenters. The van der Waals surface area contributed by atoms with Crippen LogP contribution in [0.2, 0.25) is 0 Å². The molecule has 0 aromatic rings. The van der Waals surface area contributed by atoms with E-state index in [1.807, 2.05) is 0 Å². The molecule has 8 heavy (non-hydrogen) atoms. The molecule has 4 heteroatoms. The minimum absolute atomic E-state index is 0. The van der Waals surface area contributed by atoms with Gasteiger partial charge >= 0.3 is 29.6 Å². The monoisotopic (exact) mass is 124 g/mol. The molecular formula is C4H5NaO3. The van der Waals surface area contributed by atoms with Gasteiger partial charge < -0.3 is 14.6 Å². The van der Waals surface area contributed by atoms with Crippen LogP contribution in [0.25, 0.3) is 0 Å². The summed E-state index contributed by atoms with van der Waals surface area (Å²) in [6.45, 7) is 0.591. The minimum atomic E-state index is -1.03. The fourth-order valence-electron chi connectivity index (χ4n) is 0.372. The number of ether oxygens (including phenoxy) is 1. The number of carboxylic acids is 1. The maximum Gasteiger partial charge on any atom is 1.00 e. The van der Waals surface area contributed by atoms with E-state index in [1.165, 1.54) is 0 Å². The summed E-state index contributed by atoms with van der Waals surface area (Å²) in [5.74, 6) is -1.03. The van der Waals surface area contributed by atoms with Crippen molar-refractivity contribution in [3.8, 4) is 0 Å². The summed E-state index contributed by atoms with van der Waals surface area (Å²) in [6, 6.07) is 0. The molecule has 0 bridgehead atoms. The molecular weight excluding hydrogens is 119 g/mol. The second kappa shape index (κ2) is 3.45. The van der Waals surface area contributed by atoms with E-state index < -0.39 is 5.97 Å². The largest absolute Gasteiger partial charge is 1.00 e. The van der Waals surface area contributed by atoms with E-state index in [0.29, 0.717) is 6.61 Å². The Kier molecular flexibility index (Phi) is 3.64. The van der Waals surface area contributed by atoms with Gasteiger partial charge in [-0.2, -0.15) is 0 Å². The maximum absolute atomic E-state index is 9.66. The first-order valence-corrected chi connectivity index (χ1v) is 2.10. The standard InChI is InChI=1S/C4H6O3.Na/c5-4(6)1-3-2-7-3;/h3H,1-2H2,(H,5,6);/q;+1/p-1. The third-order valence-electron chi connectivity index (χ3n) is 0.797. The smallest absolute Gasteiger partial charge is 0.550 e. The van der Waals surface area contributed by atoms with Crippen molar-refractivity contribution in [2.45, 2.75) is 12.5 Å². The first-order valence-electron chi connectivity index (χ1n) is 2.10. The second-order valence-electron chi connectivity index (χ2n) is 1.53. The SMILES string of the molecule is O=C([O-])CC1CO1.[Na+]. The number of carbonyl (C=O) groups is 1. The topological polar surface area (TPSA) is 52.7 Å². The molecule has 0 radical (unpaired) electrons. The van der Waals surface area contributed by atoms with Crippen LogP contribution >= 0.6 is 0 Å². The Morgan fingerprint density at radius 3 is 2.50 bits per heavy atom. The first kappa shape index (κ1) is 8.43. The predicted molar refractivity (Wildman–Crippen MR) is 19.4 cm³/mol. The summed E-state index contributed by atoms with van der Waals surface area (Å²) in [6.07, 6.45) is 0.0185. The van der Waals surface area contributed by atoms with E-state index >= 15 is 0 Å². The Balaban J connectivity index is 0.000000490. The summed E-state index contributed by atoms with van der Waals surface area (Å²) in [5.41, 5.74) is 0. The summed E-state index contributed by atoms with van der Waals surface area (Å²) < 4.78 is 4.60. The van der Waals surface area contributed by atoms with E-state index in [2.05, 4.69) is 4.74 Å². The summed E-state index contributed by atoms with van der Waals surface area (Å²) >= 11 is 0. The molecule has 1 aliphatic rings. The molecule has 0 amide bonds. The Hall–Kier alpha value is 0.430. The van der Waals surface area contributed by atoms with Crippen molar-refractivity contribution in [3.05, 3.63) is 0 Å². The maximum atomic E-state index is 9.66. The molecule has 3 nitrogen and oxygen atoms in total. The van der Waals surface area contributed by atoms with E-state index in [9.17, 15) is 9.90 Å². The Bertz CT molecular complexity index is 89.3. The average molecular weight is 124 g/mol. The number of carboxylic acid groups (broad SMARTS) is 1. The van der Waals surface area contributed by atoms with Crippen LogP contribution in [0.1, 0.15) is 6.42 Å². The number of epoxide rings is 1. The zero-order valence-electron chi connectivity index (χ0n) is 4.72. The molecule has 0 aromatic heterocycles. The predicted octanol–water partition coefficient (Wildman–Crippen LogP) is -4.47. The normalized spacial score (nSPS) is 23.8. The van der Waals surface area contributed by atoms with Gasteiger partial charge in [-0.25, -0.2) is 0 Å². The molecule has 1 rings (SSSR count). The quantitative estimate of drug-likeness (QED) is 0.275. The zero-order valence-corrected chi connectivity index (χ0v) is 6.72. The van der Waals surface area contributed by atoms with Crippen molar-refractivity contribution in [3.63, 3.8) is 0 Å². The van der Waals surface area contributed by atoms with Crippen molar-refractivity contribution >= 4 is 5.97 Å². The second-order valence-corrected chi connectivity index (χ2v) is 1.53. The third kappa shape index (κ3) is 3.43. The molecule has 1 atom stereocenters. The fourth-order valence-corrected chi connectivity index (χ4v) is 0.372. The van der Waals surface area contributed by atoms with Gasteiger partial charge in [0.2, 0.25) is 0 Å². The minimum Gasteiger partial charge on any atom is -0.550 e. The van der Waals surface area contributed by atoms with Crippen LogP contribution in [-0.4, -0.2) is 18.7 Å². The van der Waals surface area contributed by atoms with Gasteiger partial charge in [0.1, 0.15) is 0 Å². The Labute approximate surface area is 69.3 Å². The van der Waals surface area contributed by atoms with Gasteiger partial charge in [0.25, 0.3) is 0 Å². The summed E-state index contributed by atoms with van der Waals surface area (Å²) in [5, 5.41) is 9.66. The average Bonchev–Trinajstić information content (AvgIpc) is 2.17. The third-order valence-corrected chi connectivity index (χ3v) is 0.797. The van der Waals surface area contributed by atoms with Crippen LogP contribution in [0, 0.1) is 0 Å². The van der Waals surface area contributed by atoms with Crippen LogP contribution in [0.3, 0.4) is 0 Å². The Morgan fingerprint density at radius 2 is 2.38 bits per heavy atom. The summed E-state index contributed by atoms with van der Waals surface area (Å²) in [4.78, 5) is 9.66. The van der Waals surface area contributed by atoms with Gasteiger partial charge in [0, 0.05) is 12.4 Å². The number of aliphatic carboxylic acids is 1. The molecule has 1 heterocycles. The van der Waals surface area contributed by atoms with Gasteiger partial charge in [-0.15, -0.1) is 0 Å². The van der Waals surface area contributed by atoms with Crippen molar-refractivity contribution in [2.24, 2.45) is 0 Å². The van der Waals surface area contributed by atoms with Crippen LogP contribution in [0.4, 0.5) is 0 Å². The number of carbonyl (C=O) groups excluding carboxylic acids is 1. The molecule has 0 spiro atoms. The molecule has 1 fully saturated rings. The summed E-state index contributed by atoms with van der Waals surface area (Å²) in [7, 11) is 0. The van der Waals surface area contributed by atoms with Crippen molar-refractivity contribution in [1.82, 2.24) is 0 Å². The van der Waals surface area contributed by atoms with E-state index in [-0.39, 0.29) is 42.1 Å². The van der Waals surface area contributed by atoms with Gasteiger partial charge in [0.15, 0.2) is 0 Å². The van der Waals surface area contributed by atoms with Crippen molar-refractivity contribution < 1.29 is 44.2 Å². The van der Waals surface area contributed by atoms with Gasteiger partial charge in [-0.05, 0) is 0 Å². The molecule has 40 valence electrons. The fraction of sp³-hybridized carbons (Fsp3) is 0.750. The first-order chi connectivity index (χ1) is 3.29. The molecule has 0 aliphatic carbocycles. The van der Waals surface area contributed by atoms with Crippen LogP contribution in [0.15, 0.2) is 0 Å². The number of hydrogen-bond donors (Lipinski definition) is 0. The molecule has 0 N–H and O–H groups in total.